The van der Waals surface area contributed by atoms with Crippen LogP contribution in [-0.4, -0.2) is 27.1 Å². The summed E-state index contributed by atoms with van der Waals surface area (Å²) < 4.78 is 0. The van der Waals surface area contributed by atoms with Crippen LogP contribution in [-0.2, 0) is 0 Å². The van der Waals surface area contributed by atoms with Gasteiger partial charge in [0.05, 0.1) is 6.20 Å². The second kappa shape index (κ2) is 4.44. The predicted molar refractivity (Wildman–Crippen MR) is 80.8 cm³/mol. The zero-order valence-electron chi connectivity index (χ0n) is 10.7. The molecule has 2 fully saturated rings. The van der Waals surface area contributed by atoms with Crippen LogP contribution in [0.1, 0.15) is 25.7 Å². The average molecular weight is 318 g/mol. The Balaban J connectivity index is 1.83. The molecule has 0 amide bonds. The van der Waals surface area contributed by atoms with Gasteiger partial charge in [0.1, 0.15) is 0 Å². The molecule has 98 valence electrons. The number of fused-ring (bicyclic) bond motifs is 3. The number of benzene rings is 1. The molecule has 2 saturated heterocycles. The molecule has 0 N–H and O–H groups in total. The van der Waals surface area contributed by atoms with Crippen molar-refractivity contribution in [2.24, 2.45) is 0 Å². The molecule has 0 radical (unpaired) electrons. The zero-order chi connectivity index (χ0) is 12.8. The van der Waals surface area contributed by atoms with E-state index in [1.165, 1.54) is 36.5 Å². The number of halogens is 1. The van der Waals surface area contributed by atoms with Gasteiger partial charge in [-0.05, 0) is 25.7 Å². The molecule has 3 heterocycles. The lowest BCUT2D eigenvalue weighted by Crippen LogP contribution is -2.44. The number of alkyl halides is 1. The highest BCUT2D eigenvalue weighted by atomic mass is 79.9. The summed E-state index contributed by atoms with van der Waals surface area (Å²) in [4.78, 5) is 3.21. The largest absolute Gasteiger partial charge is 0.349 e. The van der Waals surface area contributed by atoms with Crippen molar-refractivity contribution in [3.63, 3.8) is 0 Å². The topological polar surface area (TPSA) is 29.0 Å². The van der Waals surface area contributed by atoms with E-state index in [9.17, 15) is 0 Å². The molecule has 0 saturated carbocycles. The third-order valence-corrected chi connectivity index (χ3v) is 5.22. The van der Waals surface area contributed by atoms with Crippen LogP contribution in [0.2, 0.25) is 0 Å². The summed E-state index contributed by atoms with van der Waals surface area (Å²) in [6.45, 7) is 0. The van der Waals surface area contributed by atoms with Gasteiger partial charge in [-0.15, -0.1) is 5.10 Å². The second-order valence-electron chi connectivity index (χ2n) is 5.62. The van der Waals surface area contributed by atoms with Crippen molar-refractivity contribution in [2.75, 3.05) is 4.90 Å². The average Bonchev–Trinajstić information content (AvgIpc) is 2.70. The van der Waals surface area contributed by atoms with E-state index >= 15 is 0 Å². The van der Waals surface area contributed by atoms with E-state index in [0.29, 0.717) is 16.9 Å². The fraction of sp³-hybridized carbons (Fsp3) is 0.467. The number of anilines is 1. The monoisotopic (exact) mass is 317 g/mol. The molecular weight excluding hydrogens is 302 g/mol. The van der Waals surface area contributed by atoms with Gasteiger partial charge in [-0.2, -0.15) is 5.10 Å². The first-order chi connectivity index (χ1) is 9.33. The van der Waals surface area contributed by atoms with Crippen molar-refractivity contribution in [1.29, 1.82) is 0 Å². The Kier molecular flexibility index (Phi) is 2.72. The Morgan fingerprint density at radius 1 is 1.11 bits per heavy atom. The Hall–Kier alpha value is -1.16. The van der Waals surface area contributed by atoms with Crippen molar-refractivity contribution in [3.8, 4) is 0 Å². The van der Waals surface area contributed by atoms with Crippen LogP contribution >= 0.6 is 15.9 Å². The molecular formula is C15H16BrN3. The van der Waals surface area contributed by atoms with E-state index in [1.54, 1.807) is 0 Å². The number of hydrogen-bond donors (Lipinski definition) is 0. The number of nitrogens with zero attached hydrogens (tertiary/aromatic N) is 3. The second-order valence-corrected chi connectivity index (χ2v) is 6.91. The van der Waals surface area contributed by atoms with E-state index in [0.717, 1.165) is 5.82 Å². The van der Waals surface area contributed by atoms with Crippen LogP contribution in [0.25, 0.3) is 10.8 Å². The van der Waals surface area contributed by atoms with Gasteiger partial charge < -0.3 is 4.90 Å². The Morgan fingerprint density at radius 2 is 1.84 bits per heavy atom. The van der Waals surface area contributed by atoms with Crippen molar-refractivity contribution >= 4 is 32.5 Å². The smallest absolute Gasteiger partial charge is 0.159 e. The molecule has 3 nitrogen and oxygen atoms in total. The van der Waals surface area contributed by atoms with Crippen LogP contribution in [0, 0.1) is 0 Å². The maximum atomic E-state index is 4.46. The molecule has 2 aliphatic rings. The van der Waals surface area contributed by atoms with Crippen LogP contribution in [0.15, 0.2) is 30.5 Å². The van der Waals surface area contributed by atoms with Crippen molar-refractivity contribution in [3.05, 3.63) is 30.5 Å². The Labute approximate surface area is 121 Å². The number of aromatic nitrogens is 2. The van der Waals surface area contributed by atoms with E-state index in [2.05, 4.69) is 55.3 Å². The van der Waals surface area contributed by atoms with Gasteiger partial charge in [-0.1, -0.05) is 40.2 Å². The third kappa shape index (κ3) is 1.84. The molecule has 2 atom stereocenters. The summed E-state index contributed by atoms with van der Waals surface area (Å²) in [7, 11) is 0. The lowest BCUT2D eigenvalue weighted by molar-refractivity contribution is 0.479. The molecule has 4 rings (SSSR count). The van der Waals surface area contributed by atoms with Gasteiger partial charge >= 0.3 is 0 Å². The number of rotatable bonds is 1. The number of hydrogen-bond acceptors (Lipinski definition) is 3. The molecule has 19 heavy (non-hydrogen) atoms. The lowest BCUT2D eigenvalue weighted by atomic mass is 10.0. The summed E-state index contributed by atoms with van der Waals surface area (Å²) in [6, 6.07) is 9.69. The van der Waals surface area contributed by atoms with Gasteiger partial charge in [0, 0.05) is 27.7 Å². The third-order valence-electron chi connectivity index (χ3n) is 4.47. The van der Waals surface area contributed by atoms with E-state index in [-0.39, 0.29) is 0 Å². The standard InChI is InChI=1S/C15H16BrN3/c16-11-7-12-5-6-13(8-11)19(12)15-14-4-2-1-3-10(14)9-17-18-15/h1-4,9,11-13H,5-8H2. The molecule has 2 unspecified atom stereocenters. The first-order valence-corrected chi connectivity index (χ1v) is 7.87. The number of piperidine rings is 1. The van der Waals surface area contributed by atoms with E-state index in [1.807, 2.05) is 6.20 Å². The lowest BCUT2D eigenvalue weighted by Gasteiger charge is -2.38. The van der Waals surface area contributed by atoms with Gasteiger partial charge in [0.25, 0.3) is 0 Å². The highest BCUT2D eigenvalue weighted by Crippen LogP contribution is 2.42. The molecule has 4 heteroatoms. The maximum Gasteiger partial charge on any atom is 0.159 e. The summed E-state index contributed by atoms with van der Waals surface area (Å²) in [5, 5.41) is 11.1. The minimum Gasteiger partial charge on any atom is -0.349 e. The fourth-order valence-electron chi connectivity index (χ4n) is 3.66. The first kappa shape index (κ1) is 11.6. The maximum absolute atomic E-state index is 4.46. The van der Waals surface area contributed by atoms with Gasteiger partial charge in [-0.3, -0.25) is 0 Å². The molecule has 0 aliphatic carbocycles. The van der Waals surface area contributed by atoms with Crippen LogP contribution in [0.4, 0.5) is 5.82 Å². The van der Waals surface area contributed by atoms with E-state index < -0.39 is 0 Å². The molecule has 2 aromatic rings. The Morgan fingerprint density at radius 3 is 2.63 bits per heavy atom. The van der Waals surface area contributed by atoms with Crippen molar-refractivity contribution in [2.45, 2.75) is 42.6 Å². The fourth-order valence-corrected chi connectivity index (χ4v) is 4.52. The van der Waals surface area contributed by atoms with Crippen molar-refractivity contribution < 1.29 is 0 Å². The molecule has 1 aromatic carbocycles. The van der Waals surface area contributed by atoms with Crippen LogP contribution < -0.4 is 4.90 Å². The predicted octanol–water partition coefficient (Wildman–Crippen LogP) is 3.52. The minimum atomic E-state index is 0.628. The van der Waals surface area contributed by atoms with Crippen LogP contribution in [0.5, 0.6) is 0 Å². The summed E-state index contributed by atoms with van der Waals surface area (Å²) in [5.74, 6) is 1.09. The van der Waals surface area contributed by atoms with Gasteiger partial charge in [0.15, 0.2) is 5.82 Å². The van der Waals surface area contributed by atoms with E-state index in [4.69, 9.17) is 0 Å². The molecule has 2 bridgehead atoms. The summed E-state index contributed by atoms with van der Waals surface area (Å²) in [6.07, 6.45) is 6.89. The zero-order valence-corrected chi connectivity index (χ0v) is 12.3. The SMILES string of the molecule is BrC1CC2CCC(C1)N2c1nncc2ccccc12. The normalized spacial score (nSPS) is 29.9. The van der Waals surface area contributed by atoms with Crippen molar-refractivity contribution in [1.82, 2.24) is 10.2 Å². The molecule has 2 aliphatic heterocycles. The van der Waals surface area contributed by atoms with Gasteiger partial charge in [0.2, 0.25) is 0 Å². The molecule has 1 aromatic heterocycles. The highest BCUT2D eigenvalue weighted by molar-refractivity contribution is 9.09. The molecule has 0 spiro atoms. The van der Waals surface area contributed by atoms with Crippen LogP contribution in [0.3, 0.4) is 0 Å². The Bertz CT molecular complexity index is 596. The highest BCUT2D eigenvalue weighted by Gasteiger charge is 2.41. The minimum absolute atomic E-state index is 0.628. The van der Waals surface area contributed by atoms with Gasteiger partial charge in [-0.25, -0.2) is 0 Å². The first-order valence-electron chi connectivity index (χ1n) is 6.96. The summed E-state index contributed by atoms with van der Waals surface area (Å²) in [5.41, 5.74) is 0. The summed E-state index contributed by atoms with van der Waals surface area (Å²) >= 11 is 3.80. The quantitative estimate of drug-likeness (QED) is 0.753.